The van der Waals surface area contributed by atoms with Gasteiger partial charge in [-0.3, -0.25) is 0 Å². The highest BCUT2D eigenvalue weighted by Gasteiger charge is 2.56. The van der Waals surface area contributed by atoms with Gasteiger partial charge in [0.25, 0.3) is 0 Å². The highest BCUT2D eigenvalue weighted by Crippen LogP contribution is 2.66. The Bertz CT molecular complexity index is 2910. The topological polar surface area (TPSA) is 180 Å². The fourth-order valence-electron chi connectivity index (χ4n) is 9.37. The summed E-state index contributed by atoms with van der Waals surface area (Å²) in [6, 6.07) is 36.9. The third kappa shape index (κ3) is 10.2. The van der Waals surface area contributed by atoms with E-state index in [0.29, 0.717) is 89.7 Å². The summed E-state index contributed by atoms with van der Waals surface area (Å²) in [7, 11) is 1.50. The van der Waals surface area contributed by atoms with Crippen LogP contribution in [0, 0.1) is 6.92 Å². The van der Waals surface area contributed by atoms with E-state index in [0.717, 1.165) is 16.7 Å². The first-order chi connectivity index (χ1) is 34.6. The molecule has 0 saturated carbocycles. The fourth-order valence-corrected chi connectivity index (χ4v) is 16.1. The molecule has 7 rings (SSSR count). The molecule has 378 valence electrons. The summed E-state index contributed by atoms with van der Waals surface area (Å²) in [5, 5.41) is 47.8. The number of aryl methyl sites for hydroxylation is 1. The Morgan fingerprint density at radius 2 is 0.833 bits per heavy atom. The van der Waals surface area contributed by atoms with E-state index in [2.05, 4.69) is 19.9 Å². The Morgan fingerprint density at radius 1 is 0.431 bits per heavy atom. The van der Waals surface area contributed by atoms with Crippen LogP contribution in [0.4, 0.5) is 0 Å². The van der Waals surface area contributed by atoms with Gasteiger partial charge in [-0.15, -0.1) is 0 Å². The molecule has 15 heteroatoms. The minimum absolute atomic E-state index is 0.0203. The molecule has 0 amide bonds. The van der Waals surface area contributed by atoms with Crippen molar-refractivity contribution in [3.63, 3.8) is 0 Å². The van der Waals surface area contributed by atoms with Crippen LogP contribution in [0.25, 0.3) is 0 Å². The van der Waals surface area contributed by atoms with Crippen molar-refractivity contribution in [2.45, 2.75) is 68.6 Å². The Hall–Kier alpha value is -6.64. The number of sulfone groups is 1. The molecule has 0 saturated heterocycles. The Kier molecular flexibility index (Phi) is 16.6. The van der Waals surface area contributed by atoms with E-state index in [1.807, 2.05) is 43.3 Å². The molecule has 0 aliphatic heterocycles. The Labute approximate surface area is 422 Å². The lowest BCUT2D eigenvalue weighted by atomic mass is 9.77. The predicted octanol–water partition coefficient (Wildman–Crippen LogP) is 8.46. The van der Waals surface area contributed by atoms with Crippen LogP contribution in [-0.4, -0.2) is 71.5 Å². The lowest BCUT2D eigenvalue weighted by molar-refractivity contribution is 0.276. The fraction of sp³-hybridized carbons (Fsp3) is 0.263. The van der Waals surface area contributed by atoms with Crippen molar-refractivity contribution in [3.8, 4) is 46.0 Å². The number of rotatable bonds is 21. The van der Waals surface area contributed by atoms with Gasteiger partial charge in [0.1, 0.15) is 53.2 Å². The molecule has 0 aliphatic rings. The molecule has 0 radical (unpaired) electrons. The smallest absolute Gasteiger partial charge is 0.206 e. The largest absolute Gasteiger partial charge is 0.497 e. The molecule has 72 heavy (non-hydrogen) atoms. The molecule has 0 atom stereocenters. The van der Waals surface area contributed by atoms with E-state index in [1.54, 1.807) is 79.9 Å². The maximum absolute atomic E-state index is 13.8. The van der Waals surface area contributed by atoms with Gasteiger partial charge in [0.15, 0.2) is 22.1 Å². The number of hydrogen-bond donors (Lipinski definition) is 4. The van der Waals surface area contributed by atoms with E-state index in [-0.39, 0.29) is 16.0 Å². The summed E-state index contributed by atoms with van der Waals surface area (Å²) < 4.78 is 69.9. The third-order valence-electron chi connectivity index (χ3n) is 13.2. The minimum atomic E-state index is -3.87. The van der Waals surface area contributed by atoms with Crippen molar-refractivity contribution in [1.82, 2.24) is 0 Å². The van der Waals surface area contributed by atoms with Crippen LogP contribution in [0.2, 0.25) is 0 Å². The highest BCUT2D eigenvalue weighted by atomic mass is 32.2. The van der Waals surface area contributed by atoms with Gasteiger partial charge < -0.3 is 53.6 Å². The van der Waals surface area contributed by atoms with E-state index in [9.17, 15) is 28.8 Å². The normalized spacial score (nSPS) is 11.8. The first kappa shape index (κ1) is 53.2. The molecule has 0 unspecified atom stereocenters. The van der Waals surface area contributed by atoms with Gasteiger partial charge in [0.2, 0.25) is 9.84 Å². The molecule has 13 nitrogen and oxygen atoms in total. The molecule has 0 fully saturated rings. The summed E-state index contributed by atoms with van der Waals surface area (Å²) in [5.41, 5.74) is 4.33. The molecule has 7 aromatic rings. The van der Waals surface area contributed by atoms with E-state index >= 15 is 0 Å². The zero-order chi connectivity index (χ0) is 52.0. The second-order valence-electron chi connectivity index (χ2n) is 17.6. The second kappa shape index (κ2) is 22.4. The van der Waals surface area contributed by atoms with E-state index in [1.165, 1.54) is 47.7 Å². The molecule has 0 bridgehead atoms. The van der Waals surface area contributed by atoms with Gasteiger partial charge >= 0.3 is 0 Å². The number of benzene rings is 7. The van der Waals surface area contributed by atoms with Crippen LogP contribution in [0.15, 0.2) is 137 Å². The second-order valence-corrected chi connectivity index (χ2v) is 22.9. The van der Waals surface area contributed by atoms with Crippen molar-refractivity contribution in [3.05, 3.63) is 172 Å². The van der Waals surface area contributed by atoms with Crippen LogP contribution in [-0.2, 0) is 47.8 Å². The molecule has 0 spiro atoms. The molecule has 4 N–H and O–H groups in total. The van der Waals surface area contributed by atoms with Crippen molar-refractivity contribution in [2.24, 2.45) is 0 Å². The zero-order valence-corrected chi connectivity index (χ0v) is 43.7. The number of aliphatic hydroxyl groups is 4. The standard InChI is InChI=1S/C57H62O13PS/c1-36-10-19-49(20-11-36)72(62,63)50-21-17-45(18-22-50)70-51-23-14-43(57(2,3)42-12-15-44(64-4)16-13-42)24-41(51)35-71(54-37(31-58)25-46(65-5)26-38(54)32-59,55-39(33-60)27-47(66-6)29-52(55)68-8)56-40(34-61)28-48(67-7)30-53(56)69-9/h10-30,58-61H,31-35H2,1-9H3/q+1. The van der Waals surface area contributed by atoms with Gasteiger partial charge in [-0.05, 0) is 103 Å². The molecule has 0 aliphatic carbocycles. The first-order valence-corrected chi connectivity index (χ1v) is 26.5. The number of hydrogen-bond acceptors (Lipinski definition) is 13. The molecule has 0 heterocycles. The van der Waals surface area contributed by atoms with Crippen LogP contribution in [0.5, 0.6) is 46.0 Å². The van der Waals surface area contributed by atoms with Crippen molar-refractivity contribution >= 4 is 33.0 Å². The molecular formula is C57H62O13PS+. The van der Waals surface area contributed by atoms with E-state index in [4.69, 9.17) is 33.2 Å². The summed E-state index contributed by atoms with van der Waals surface area (Å²) in [6.45, 7) is 4.04. The highest BCUT2D eigenvalue weighted by molar-refractivity contribution is 7.95. The Morgan fingerprint density at radius 3 is 1.26 bits per heavy atom. The number of ether oxygens (including phenoxy) is 7. The quantitative estimate of drug-likeness (QED) is 0.0505. The molecule has 0 aromatic heterocycles. The third-order valence-corrected chi connectivity index (χ3v) is 19.6. The number of aliphatic hydroxyl groups excluding tert-OH is 4. The van der Waals surface area contributed by atoms with Crippen LogP contribution in [0.3, 0.4) is 0 Å². The first-order valence-electron chi connectivity index (χ1n) is 23.0. The predicted molar refractivity (Wildman–Crippen MR) is 280 cm³/mol. The zero-order valence-electron chi connectivity index (χ0n) is 42.0. The average molecular weight is 1020 g/mol. The summed E-state index contributed by atoms with van der Waals surface area (Å²) in [4.78, 5) is 0.245. The summed E-state index contributed by atoms with van der Waals surface area (Å²) in [5.74, 6) is 3.17. The number of methoxy groups -OCH3 is 6. The van der Waals surface area contributed by atoms with Crippen molar-refractivity contribution in [1.29, 1.82) is 0 Å². The van der Waals surface area contributed by atoms with Gasteiger partial charge in [-0.2, -0.15) is 0 Å². The molecular weight excluding hydrogens is 956 g/mol. The Balaban J connectivity index is 1.63. The minimum Gasteiger partial charge on any atom is -0.497 e. The maximum Gasteiger partial charge on any atom is 0.206 e. The maximum atomic E-state index is 13.8. The van der Waals surface area contributed by atoms with Gasteiger partial charge in [-0.1, -0.05) is 49.7 Å². The van der Waals surface area contributed by atoms with Crippen LogP contribution >= 0.6 is 7.26 Å². The SMILES string of the molecule is COc1ccc(C(C)(C)c2ccc(Oc3ccc(S(=O)(=O)c4ccc(C)cc4)cc3)c(C[P+](c3c(CO)cc(OC)cc3CO)(c3c(CO)cc(OC)cc3OC)c3c(CO)cc(OC)cc3OC)c2)cc1. The van der Waals surface area contributed by atoms with Gasteiger partial charge in [0, 0.05) is 45.4 Å². The van der Waals surface area contributed by atoms with Gasteiger partial charge in [0.05, 0.1) is 78.9 Å². The van der Waals surface area contributed by atoms with Crippen molar-refractivity contribution in [2.75, 3.05) is 42.7 Å². The lowest BCUT2D eigenvalue weighted by Gasteiger charge is -2.36. The van der Waals surface area contributed by atoms with Crippen LogP contribution < -0.4 is 49.1 Å². The molecule has 7 aromatic carbocycles. The van der Waals surface area contributed by atoms with Crippen molar-refractivity contribution < 1.29 is 62.0 Å². The van der Waals surface area contributed by atoms with Crippen LogP contribution in [0.1, 0.15) is 58.4 Å². The average Bonchev–Trinajstić information content (AvgIpc) is 3.41. The monoisotopic (exact) mass is 1020 g/mol. The lowest BCUT2D eigenvalue weighted by Crippen LogP contribution is -2.40. The summed E-state index contributed by atoms with van der Waals surface area (Å²) in [6.07, 6.45) is 0.0203. The summed E-state index contributed by atoms with van der Waals surface area (Å²) >= 11 is 0. The van der Waals surface area contributed by atoms with Gasteiger partial charge in [-0.25, -0.2) is 8.42 Å². The van der Waals surface area contributed by atoms with E-state index < -0.39 is 48.9 Å².